The average Bonchev–Trinajstić information content (AvgIpc) is 2.66. The Labute approximate surface area is 86.3 Å². The number of hydrogen-bond acceptors (Lipinski definition) is 4. The van der Waals surface area contributed by atoms with Gasteiger partial charge in [0.2, 0.25) is 0 Å². The molecule has 1 aromatic rings. The van der Waals surface area contributed by atoms with E-state index < -0.39 is 0 Å². The van der Waals surface area contributed by atoms with E-state index >= 15 is 0 Å². The topological polar surface area (TPSA) is 46.5 Å². The number of aliphatic hydroxyl groups is 1. The first-order valence-corrected chi connectivity index (χ1v) is 4.83. The molecule has 74 valence electrons. The normalized spacial score (nSPS) is 9.00. The van der Waals surface area contributed by atoms with Crippen LogP contribution in [-0.2, 0) is 11.2 Å². The van der Waals surface area contributed by atoms with E-state index in [0.29, 0.717) is 11.3 Å². The Morgan fingerprint density at radius 2 is 2.36 bits per heavy atom. The quantitative estimate of drug-likeness (QED) is 0.586. The van der Waals surface area contributed by atoms with Gasteiger partial charge in [0.15, 0.2) is 0 Å². The fraction of sp³-hybridized carbons (Fsp3) is 0.300. The maximum Gasteiger partial charge on any atom is 0.348 e. The van der Waals surface area contributed by atoms with Gasteiger partial charge in [-0.05, 0) is 12.1 Å². The van der Waals surface area contributed by atoms with Crippen molar-refractivity contribution >= 4 is 17.3 Å². The second kappa shape index (κ2) is 5.43. The summed E-state index contributed by atoms with van der Waals surface area (Å²) >= 11 is 1.36. The molecule has 0 aromatic carbocycles. The van der Waals surface area contributed by atoms with E-state index in [1.807, 2.05) is 6.07 Å². The monoisotopic (exact) mass is 210 g/mol. The van der Waals surface area contributed by atoms with Crippen LogP contribution in [0.15, 0.2) is 12.1 Å². The third-order valence-corrected chi connectivity index (χ3v) is 2.58. The van der Waals surface area contributed by atoms with Crippen LogP contribution in [0.4, 0.5) is 0 Å². The molecule has 0 fully saturated rings. The minimum absolute atomic E-state index is 0.130. The van der Waals surface area contributed by atoms with E-state index in [9.17, 15) is 4.79 Å². The Bertz CT molecular complexity index is 370. The summed E-state index contributed by atoms with van der Waals surface area (Å²) in [5.41, 5.74) is 0. The predicted octanol–water partition coefficient (Wildman–Crippen LogP) is 1.07. The molecule has 0 radical (unpaired) electrons. The van der Waals surface area contributed by atoms with Gasteiger partial charge in [0, 0.05) is 11.3 Å². The molecule has 1 heterocycles. The van der Waals surface area contributed by atoms with E-state index in [1.54, 1.807) is 6.07 Å². The van der Waals surface area contributed by atoms with Crippen molar-refractivity contribution in [2.45, 2.75) is 6.42 Å². The van der Waals surface area contributed by atoms with Gasteiger partial charge in [0.1, 0.15) is 11.5 Å². The molecule has 14 heavy (non-hydrogen) atoms. The fourth-order valence-electron chi connectivity index (χ4n) is 0.889. The summed E-state index contributed by atoms with van der Waals surface area (Å²) in [7, 11) is 1.35. The third kappa shape index (κ3) is 2.87. The van der Waals surface area contributed by atoms with Crippen LogP contribution in [0.3, 0.4) is 0 Å². The van der Waals surface area contributed by atoms with E-state index in [1.165, 1.54) is 18.4 Å². The first-order chi connectivity index (χ1) is 6.77. The van der Waals surface area contributed by atoms with Crippen molar-refractivity contribution in [2.24, 2.45) is 0 Å². The number of ether oxygens (including phenoxy) is 1. The number of esters is 1. The van der Waals surface area contributed by atoms with Crippen LogP contribution in [0.25, 0.3) is 0 Å². The van der Waals surface area contributed by atoms with Crippen molar-refractivity contribution in [3.8, 4) is 11.8 Å². The van der Waals surface area contributed by atoms with E-state index in [4.69, 9.17) is 5.11 Å². The standard InChI is InChI=1S/C10H10O3S/c1-13-10(12)9-6-5-8(14-9)4-2-3-7-11/h5-6,11H,4,7H2,1H3. The minimum Gasteiger partial charge on any atom is -0.465 e. The summed E-state index contributed by atoms with van der Waals surface area (Å²) in [5, 5.41) is 8.43. The first-order valence-electron chi connectivity index (χ1n) is 4.01. The van der Waals surface area contributed by atoms with Gasteiger partial charge in [0.05, 0.1) is 7.11 Å². The van der Waals surface area contributed by atoms with Gasteiger partial charge in [-0.1, -0.05) is 11.8 Å². The predicted molar refractivity (Wildman–Crippen MR) is 54.2 cm³/mol. The minimum atomic E-state index is -0.323. The lowest BCUT2D eigenvalue weighted by Crippen LogP contribution is -1.96. The van der Waals surface area contributed by atoms with Crippen LogP contribution in [-0.4, -0.2) is 24.8 Å². The number of carbonyl (C=O) groups excluding carboxylic acids is 1. The number of rotatable bonds is 2. The maximum atomic E-state index is 11.1. The second-order valence-corrected chi connectivity index (χ2v) is 3.61. The van der Waals surface area contributed by atoms with Gasteiger partial charge in [-0.3, -0.25) is 0 Å². The molecule has 0 aliphatic carbocycles. The Morgan fingerprint density at radius 3 is 3.00 bits per heavy atom. The average molecular weight is 210 g/mol. The van der Waals surface area contributed by atoms with Crippen molar-refractivity contribution in [3.05, 3.63) is 21.9 Å². The molecule has 0 spiro atoms. The van der Waals surface area contributed by atoms with Crippen molar-refractivity contribution < 1.29 is 14.6 Å². The summed E-state index contributed by atoms with van der Waals surface area (Å²) in [6.07, 6.45) is 0.558. The highest BCUT2D eigenvalue weighted by Gasteiger charge is 2.07. The summed E-state index contributed by atoms with van der Waals surface area (Å²) in [6, 6.07) is 3.55. The molecule has 0 amide bonds. The van der Waals surface area contributed by atoms with Gasteiger partial charge in [-0.15, -0.1) is 11.3 Å². The molecule has 0 aliphatic heterocycles. The highest BCUT2D eigenvalue weighted by molar-refractivity contribution is 7.13. The molecular weight excluding hydrogens is 200 g/mol. The molecule has 0 saturated carbocycles. The maximum absolute atomic E-state index is 11.1. The zero-order valence-corrected chi connectivity index (χ0v) is 8.56. The van der Waals surface area contributed by atoms with Crippen LogP contribution in [0, 0.1) is 11.8 Å². The van der Waals surface area contributed by atoms with Crippen molar-refractivity contribution in [1.82, 2.24) is 0 Å². The molecule has 0 bridgehead atoms. The molecule has 0 unspecified atom stereocenters. The molecule has 1 aromatic heterocycles. The van der Waals surface area contributed by atoms with E-state index in [0.717, 1.165) is 4.88 Å². The zero-order chi connectivity index (χ0) is 10.4. The molecule has 0 saturated heterocycles. The summed E-state index contributed by atoms with van der Waals surface area (Å²) in [5.74, 6) is 5.00. The van der Waals surface area contributed by atoms with Gasteiger partial charge in [0.25, 0.3) is 0 Å². The Morgan fingerprint density at radius 1 is 1.57 bits per heavy atom. The molecule has 4 heteroatoms. The lowest BCUT2D eigenvalue weighted by atomic mass is 10.3. The van der Waals surface area contributed by atoms with E-state index in [-0.39, 0.29) is 12.6 Å². The van der Waals surface area contributed by atoms with Crippen LogP contribution in [0.5, 0.6) is 0 Å². The molecule has 0 atom stereocenters. The number of thiophene rings is 1. The number of methoxy groups -OCH3 is 1. The Hall–Kier alpha value is -1.31. The molecular formula is C10H10O3S. The smallest absolute Gasteiger partial charge is 0.348 e. The zero-order valence-electron chi connectivity index (χ0n) is 7.74. The van der Waals surface area contributed by atoms with Crippen LogP contribution in [0.1, 0.15) is 14.5 Å². The van der Waals surface area contributed by atoms with Crippen LogP contribution in [0.2, 0.25) is 0 Å². The summed E-state index contributed by atoms with van der Waals surface area (Å²) in [4.78, 5) is 12.6. The fourth-order valence-corrected chi connectivity index (χ4v) is 1.75. The van der Waals surface area contributed by atoms with Crippen molar-refractivity contribution in [3.63, 3.8) is 0 Å². The highest BCUT2D eigenvalue weighted by Crippen LogP contribution is 2.17. The first kappa shape index (κ1) is 10.8. The summed E-state index contributed by atoms with van der Waals surface area (Å²) in [6.45, 7) is -0.130. The largest absolute Gasteiger partial charge is 0.465 e. The number of carbonyl (C=O) groups is 1. The summed E-state index contributed by atoms with van der Waals surface area (Å²) < 4.78 is 4.57. The Balaban J connectivity index is 2.64. The third-order valence-electron chi connectivity index (χ3n) is 1.51. The molecule has 0 aliphatic rings. The van der Waals surface area contributed by atoms with Crippen LogP contribution >= 0.6 is 11.3 Å². The molecule has 3 nitrogen and oxygen atoms in total. The van der Waals surface area contributed by atoms with Gasteiger partial charge in [-0.25, -0.2) is 4.79 Å². The Kier molecular flexibility index (Phi) is 4.17. The van der Waals surface area contributed by atoms with Crippen molar-refractivity contribution in [2.75, 3.05) is 13.7 Å². The SMILES string of the molecule is COC(=O)c1ccc(CC#CCO)s1. The highest BCUT2D eigenvalue weighted by atomic mass is 32.1. The van der Waals surface area contributed by atoms with Gasteiger partial charge < -0.3 is 9.84 Å². The molecule has 1 rings (SSSR count). The van der Waals surface area contributed by atoms with Crippen molar-refractivity contribution in [1.29, 1.82) is 0 Å². The number of hydrogen-bond donors (Lipinski definition) is 1. The van der Waals surface area contributed by atoms with Gasteiger partial charge in [-0.2, -0.15) is 0 Å². The van der Waals surface area contributed by atoms with Gasteiger partial charge >= 0.3 is 5.97 Å². The lowest BCUT2D eigenvalue weighted by Gasteiger charge is -1.91. The van der Waals surface area contributed by atoms with Crippen LogP contribution < -0.4 is 0 Å². The lowest BCUT2D eigenvalue weighted by molar-refractivity contribution is 0.0606. The number of aliphatic hydroxyl groups excluding tert-OH is 1. The second-order valence-electron chi connectivity index (χ2n) is 2.45. The van der Waals surface area contributed by atoms with E-state index in [2.05, 4.69) is 16.6 Å². The molecule has 1 N–H and O–H groups in total.